The maximum Gasteiger partial charge on any atom is 0.241 e. The molecule has 1 amide bonds. The van der Waals surface area contributed by atoms with Crippen molar-refractivity contribution in [3.8, 4) is 0 Å². The van der Waals surface area contributed by atoms with E-state index in [1.807, 2.05) is 31.2 Å². The maximum absolute atomic E-state index is 11.9. The number of benzene rings is 1. The molecule has 0 unspecified atom stereocenters. The third-order valence-corrected chi connectivity index (χ3v) is 3.32. The zero-order valence-corrected chi connectivity index (χ0v) is 10.3. The summed E-state index contributed by atoms with van der Waals surface area (Å²) in [5.74, 6) is 0.326. The van der Waals surface area contributed by atoms with Crippen molar-refractivity contribution < 1.29 is 4.79 Å². The van der Waals surface area contributed by atoms with Gasteiger partial charge in [-0.05, 0) is 37.5 Å². The van der Waals surface area contributed by atoms with Crippen LogP contribution in [0.2, 0.25) is 0 Å². The fourth-order valence-corrected chi connectivity index (χ4v) is 2.32. The van der Waals surface area contributed by atoms with E-state index in [1.165, 1.54) is 24.8 Å². The summed E-state index contributed by atoms with van der Waals surface area (Å²) in [6.45, 7) is 2.04. The highest BCUT2D eigenvalue weighted by Gasteiger charge is 2.20. The number of nitrogens with one attached hydrogen (secondary N) is 2. The molecule has 17 heavy (non-hydrogen) atoms. The molecule has 0 heterocycles. The molecule has 0 spiro atoms. The molecule has 1 fully saturated rings. The largest absolute Gasteiger partial charge is 0.299 e. The van der Waals surface area contributed by atoms with E-state index in [-0.39, 0.29) is 11.8 Å². The van der Waals surface area contributed by atoms with Crippen molar-refractivity contribution >= 4 is 11.6 Å². The molecule has 0 saturated heterocycles. The van der Waals surface area contributed by atoms with E-state index in [4.69, 9.17) is 0 Å². The van der Waals surface area contributed by atoms with Crippen LogP contribution >= 0.6 is 0 Å². The molecule has 2 N–H and O–H groups in total. The van der Waals surface area contributed by atoms with Crippen LogP contribution < -0.4 is 10.9 Å². The highest BCUT2D eigenvalue weighted by atomic mass is 16.2. The Morgan fingerprint density at radius 1 is 1.24 bits per heavy atom. The van der Waals surface area contributed by atoms with Gasteiger partial charge in [-0.1, -0.05) is 31.4 Å². The molecule has 1 saturated carbocycles. The normalized spacial score (nSPS) is 16.5. The third kappa shape index (κ3) is 3.48. The standard InChI is InChI=1S/C14H20N2O/c1-11-6-5-9-13(10-11)15-16-14(17)12-7-3-2-4-8-12/h5-6,9-10,12,15H,2-4,7-8H2,1H3,(H,16,17). The van der Waals surface area contributed by atoms with Gasteiger partial charge in [0, 0.05) is 5.92 Å². The van der Waals surface area contributed by atoms with Crippen LogP contribution in [-0.2, 0) is 4.79 Å². The molecule has 3 heteroatoms. The lowest BCUT2D eigenvalue weighted by molar-refractivity contribution is -0.125. The van der Waals surface area contributed by atoms with E-state index in [0.717, 1.165) is 18.5 Å². The van der Waals surface area contributed by atoms with Gasteiger partial charge in [-0.15, -0.1) is 0 Å². The van der Waals surface area contributed by atoms with Crippen LogP contribution in [0.1, 0.15) is 37.7 Å². The second kappa shape index (κ2) is 5.71. The Kier molecular flexibility index (Phi) is 4.02. The summed E-state index contributed by atoms with van der Waals surface area (Å²) >= 11 is 0. The molecule has 0 radical (unpaired) electrons. The molecular weight excluding hydrogens is 212 g/mol. The lowest BCUT2D eigenvalue weighted by atomic mass is 9.89. The van der Waals surface area contributed by atoms with Gasteiger partial charge in [-0.2, -0.15) is 0 Å². The topological polar surface area (TPSA) is 41.1 Å². The second-order valence-electron chi connectivity index (χ2n) is 4.82. The fraction of sp³-hybridized carbons (Fsp3) is 0.500. The summed E-state index contributed by atoms with van der Waals surface area (Å²) in [5, 5.41) is 0. The second-order valence-corrected chi connectivity index (χ2v) is 4.82. The molecule has 92 valence electrons. The molecule has 1 aromatic carbocycles. The molecule has 1 aromatic rings. The third-order valence-electron chi connectivity index (χ3n) is 3.32. The Morgan fingerprint density at radius 3 is 2.71 bits per heavy atom. The van der Waals surface area contributed by atoms with Gasteiger partial charge in [0.1, 0.15) is 0 Å². The summed E-state index contributed by atoms with van der Waals surface area (Å²) in [6.07, 6.45) is 5.70. The van der Waals surface area contributed by atoms with E-state index in [2.05, 4.69) is 10.9 Å². The predicted molar refractivity (Wildman–Crippen MR) is 69.5 cm³/mol. The predicted octanol–water partition coefficient (Wildman–Crippen LogP) is 3.02. The highest BCUT2D eigenvalue weighted by molar-refractivity contribution is 5.80. The summed E-state index contributed by atoms with van der Waals surface area (Å²) in [7, 11) is 0. The van der Waals surface area contributed by atoms with Crippen LogP contribution in [0.25, 0.3) is 0 Å². The van der Waals surface area contributed by atoms with Crippen LogP contribution in [0.3, 0.4) is 0 Å². The number of hydrogen-bond acceptors (Lipinski definition) is 2. The molecule has 0 bridgehead atoms. The number of hydrazine groups is 1. The molecule has 0 atom stereocenters. The number of aryl methyl sites for hydroxylation is 1. The monoisotopic (exact) mass is 232 g/mol. The van der Waals surface area contributed by atoms with Crippen LogP contribution in [0.4, 0.5) is 5.69 Å². The van der Waals surface area contributed by atoms with Crippen molar-refractivity contribution in [3.05, 3.63) is 29.8 Å². The van der Waals surface area contributed by atoms with E-state index >= 15 is 0 Å². The van der Waals surface area contributed by atoms with Crippen LogP contribution in [0, 0.1) is 12.8 Å². The molecular formula is C14H20N2O. The smallest absolute Gasteiger partial charge is 0.241 e. The van der Waals surface area contributed by atoms with Crippen LogP contribution in [0.15, 0.2) is 24.3 Å². The molecule has 3 nitrogen and oxygen atoms in total. The number of hydrogen-bond donors (Lipinski definition) is 2. The number of carbonyl (C=O) groups excluding carboxylic acids is 1. The molecule has 2 rings (SSSR count). The quantitative estimate of drug-likeness (QED) is 0.786. The first-order valence-corrected chi connectivity index (χ1v) is 6.38. The molecule has 1 aliphatic carbocycles. The van der Waals surface area contributed by atoms with Gasteiger partial charge in [0.25, 0.3) is 0 Å². The summed E-state index contributed by atoms with van der Waals surface area (Å²) in [4.78, 5) is 11.9. The SMILES string of the molecule is Cc1cccc(NNC(=O)C2CCCCC2)c1. The van der Waals surface area contributed by atoms with Crippen molar-refractivity contribution in [1.29, 1.82) is 0 Å². The van der Waals surface area contributed by atoms with Crippen molar-refractivity contribution in [1.82, 2.24) is 5.43 Å². The Morgan fingerprint density at radius 2 is 2.00 bits per heavy atom. The summed E-state index contributed by atoms with van der Waals surface area (Å²) in [5.41, 5.74) is 7.91. The zero-order valence-electron chi connectivity index (χ0n) is 10.3. The Hall–Kier alpha value is -1.51. The van der Waals surface area contributed by atoms with Crippen molar-refractivity contribution in [2.45, 2.75) is 39.0 Å². The first kappa shape index (κ1) is 12.0. The Bertz CT molecular complexity index is 384. The summed E-state index contributed by atoms with van der Waals surface area (Å²) in [6, 6.07) is 7.98. The first-order valence-electron chi connectivity index (χ1n) is 6.38. The average molecular weight is 232 g/mol. The minimum Gasteiger partial charge on any atom is -0.299 e. The van der Waals surface area contributed by atoms with E-state index in [9.17, 15) is 4.79 Å². The van der Waals surface area contributed by atoms with Crippen molar-refractivity contribution in [2.24, 2.45) is 5.92 Å². The lowest BCUT2D eigenvalue weighted by Crippen LogP contribution is -2.35. The fourth-order valence-electron chi connectivity index (χ4n) is 2.32. The lowest BCUT2D eigenvalue weighted by Gasteiger charge is -2.21. The van der Waals surface area contributed by atoms with Gasteiger partial charge in [0.15, 0.2) is 0 Å². The van der Waals surface area contributed by atoms with Gasteiger partial charge < -0.3 is 0 Å². The number of rotatable bonds is 3. The van der Waals surface area contributed by atoms with Crippen molar-refractivity contribution in [3.63, 3.8) is 0 Å². The molecule has 0 aliphatic heterocycles. The van der Waals surface area contributed by atoms with E-state index in [1.54, 1.807) is 0 Å². The Labute approximate surface area is 103 Å². The van der Waals surface area contributed by atoms with Gasteiger partial charge in [0.2, 0.25) is 5.91 Å². The van der Waals surface area contributed by atoms with Gasteiger partial charge in [-0.25, -0.2) is 0 Å². The van der Waals surface area contributed by atoms with Crippen LogP contribution in [0.5, 0.6) is 0 Å². The van der Waals surface area contributed by atoms with Crippen molar-refractivity contribution in [2.75, 3.05) is 5.43 Å². The van der Waals surface area contributed by atoms with Gasteiger partial charge in [0.05, 0.1) is 5.69 Å². The Balaban J connectivity index is 1.83. The van der Waals surface area contributed by atoms with Crippen LogP contribution in [-0.4, -0.2) is 5.91 Å². The number of amides is 1. The van der Waals surface area contributed by atoms with E-state index in [0.29, 0.717) is 0 Å². The molecule has 0 aromatic heterocycles. The molecule has 1 aliphatic rings. The van der Waals surface area contributed by atoms with Gasteiger partial charge in [-0.3, -0.25) is 15.6 Å². The minimum absolute atomic E-state index is 0.131. The van der Waals surface area contributed by atoms with E-state index < -0.39 is 0 Å². The van der Waals surface area contributed by atoms with Gasteiger partial charge >= 0.3 is 0 Å². The summed E-state index contributed by atoms with van der Waals surface area (Å²) < 4.78 is 0. The first-order chi connectivity index (χ1) is 8.25. The number of carbonyl (C=O) groups is 1. The zero-order chi connectivity index (χ0) is 12.1. The minimum atomic E-state index is 0.131. The maximum atomic E-state index is 11.9. The average Bonchev–Trinajstić information content (AvgIpc) is 2.37. The highest BCUT2D eigenvalue weighted by Crippen LogP contribution is 2.23. The number of anilines is 1.